The summed E-state index contributed by atoms with van der Waals surface area (Å²) in [5.74, 6) is -1.03. The quantitative estimate of drug-likeness (QED) is 0.500. The van der Waals surface area contributed by atoms with Gasteiger partial charge in [0.2, 0.25) is 0 Å². The summed E-state index contributed by atoms with van der Waals surface area (Å²) in [4.78, 5) is 0. The van der Waals surface area contributed by atoms with Crippen molar-refractivity contribution in [2.45, 2.75) is 18.7 Å². The zero-order valence-electron chi connectivity index (χ0n) is 10.3. The van der Waals surface area contributed by atoms with Crippen LogP contribution in [-0.4, -0.2) is 0 Å². The van der Waals surface area contributed by atoms with E-state index in [9.17, 15) is 8.78 Å². The van der Waals surface area contributed by atoms with Crippen LogP contribution in [-0.2, 0) is 6.42 Å². The van der Waals surface area contributed by atoms with Gasteiger partial charge in [0.15, 0.2) is 0 Å². The van der Waals surface area contributed by atoms with Crippen molar-refractivity contribution >= 4 is 27.5 Å². The van der Waals surface area contributed by atoms with Crippen LogP contribution in [0.3, 0.4) is 0 Å². The Labute approximate surface area is 124 Å². The van der Waals surface area contributed by atoms with Gasteiger partial charge in [-0.15, -0.1) is 11.6 Å². The minimum absolute atomic E-state index is 0.0985. The molecule has 0 aromatic heterocycles. The number of hydrogen-bond acceptors (Lipinski definition) is 0. The Morgan fingerprint density at radius 3 is 2.47 bits per heavy atom. The highest BCUT2D eigenvalue weighted by molar-refractivity contribution is 9.10. The maximum atomic E-state index is 13.9. The van der Waals surface area contributed by atoms with Gasteiger partial charge in [-0.1, -0.05) is 31.2 Å². The van der Waals surface area contributed by atoms with E-state index in [1.807, 2.05) is 31.2 Å². The summed E-state index contributed by atoms with van der Waals surface area (Å²) in [5, 5.41) is -0.696. The predicted octanol–water partition coefficient (Wildman–Crippen LogP) is 5.62. The minimum atomic E-state index is -0.696. The van der Waals surface area contributed by atoms with Crippen molar-refractivity contribution in [1.29, 1.82) is 0 Å². The summed E-state index contributed by atoms with van der Waals surface area (Å²) in [6.07, 6.45) is 0.792. The summed E-state index contributed by atoms with van der Waals surface area (Å²) in [7, 11) is 0. The van der Waals surface area contributed by atoms with Crippen LogP contribution in [0, 0.1) is 11.6 Å². The van der Waals surface area contributed by atoms with Gasteiger partial charge in [-0.2, -0.15) is 0 Å². The Balaban J connectivity index is 2.50. The van der Waals surface area contributed by atoms with Crippen molar-refractivity contribution in [3.8, 4) is 0 Å². The maximum absolute atomic E-state index is 13.9. The summed E-state index contributed by atoms with van der Waals surface area (Å²) in [5.41, 5.74) is 2.00. The van der Waals surface area contributed by atoms with Gasteiger partial charge < -0.3 is 0 Å². The molecule has 0 saturated heterocycles. The summed E-state index contributed by atoms with van der Waals surface area (Å²) in [6, 6.07) is 9.79. The molecule has 0 spiro atoms. The van der Waals surface area contributed by atoms with Gasteiger partial charge in [-0.3, -0.25) is 0 Å². The molecule has 1 atom stereocenters. The van der Waals surface area contributed by atoms with Crippen molar-refractivity contribution in [3.63, 3.8) is 0 Å². The van der Waals surface area contributed by atoms with E-state index in [0.29, 0.717) is 0 Å². The lowest BCUT2D eigenvalue weighted by Gasteiger charge is -2.15. The molecule has 19 heavy (non-hydrogen) atoms. The molecule has 0 aliphatic heterocycles. The van der Waals surface area contributed by atoms with Gasteiger partial charge in [0.25, 0.3) is 0 Å². The highest BCUT2D eigenvalue weighted by Gasteiger charge is 2.19. The van der Waals surface area contributed by atoms with Crippen molar-refractivity contribution in [3.05, 3.63) is 69.2 Å². The van der Waals surface area contributed by atoms with Gasteiger partial charge >= 0.3 is 0 Å². The van der Waals surface area contributed by atoms with Crippen LogP contribution in [0.4, 0.5) is 8.78 Å². The van der Waals surface area contributed by atoms with Crippen LogP contribution in [0.1, 0.15) is 29.0 Å². The SMILES string of the molecule is CCc1ccccc1C(Cl)c1cc(F)c(Br)cc1F. The fraction of sp³-hybridized carbons (Fsp3) is 0.200. The second-order valence-corrected chi connectivity index (χ2v) is 5.49. The number of aryl methyl sites for hydroxylation is 1. The molecule has 4 heteroatoms. The van der Waals surface area contributed by atoms with E-state index in [-0.39, 0.29) is 10.0 Å². The molecule has 2 aromatic carbocycles. The zero-order valence-corrected chi connectivity index (χ0v) is 12.6. The number of hydrogen-bond donors (Lipinski definition) is 0. The Morgan fingerprint density at radius 1 is 1.11 bits per heavy atom. The molecule has 0 N–H and O–H groups in total. The molecule has 0 heterocycles. The Bertz CT molecular complexity index is 599. The van der Waals surface area contributed by atoms with E-state index in [0.717, 1.165) is 29.7 Å². The largest absolute Gasteiger partial charge is 0.207 e. The van der Waals surface area contributed by atoms with Gasteiger partial charge in [0, 0.05) is 5.56 Å². The van der Waals surface area contributed by atoms with Gasteiger partial charge in [-0.05, 0) is 45.6 Å². The van der Waals surface area contributed by atoms with Gasteiger partial charge in [-0.25, -0.2) is 8.78 Å². The van der Waals surface area contributed by atoms with E-state index >= 15 is 0 Å². The number of halogens is 4. The second kappa shape index (κ2) is 6.02. The van der Waals surface area contributed by atoms with Crippen molar-refractivity contribution in [2.24, 2.45) is 0 Å². The third-order valence-electron chi connectivity index (χ3n) is 3.02. The molecule has 0 saturated carbocycles. The van der Waals surface area contributed by atoms with E-state index in [1.165, 1.54) is 0 Å². The van der Waals surface area contributed by atoms with Crippen molar-refractivity contribution in [1.82, 2.24) is 0 Å². The van der Waals surface area contributed by atoms with Gasteiger partial charge in [0.05, 0.1) is 9.85 Å². The molecule has 0 aliphatic rings. The first kappa shape index (κ1) is 14.5. The molecule has 0 aliphatic carbocycles. The average Bonchev–Trinajstić information content (AvgIpc) is 2.42. The van der Waals surface area contributed by atoms with E-state index in [2.05, 4.69) is 15.9 Å². The third-order valence-corrected chi connectivity index (χ3v) is 4.10. The number of rotatable bonds is 3. The summed E-state index contributed by atoms with van der Waals surface area (Å²) >= 11 is 9.28. The predicted molar refractivity (Wildman–Crippen MR) is 77.6 cm³/mol. The topological polar surface area (TPSA) is 0 Å². The molecule has 100 valence electrons. The Hall–Kier alpha value is -0.930. The van der Waals surface area contributed by atoms with Crippen LogP contribution < -0.4 is 0 Å². The van der Waals surface area contributed by atoms with Crippen LogP contribution >= 0.6 is 27.5 Å². The van der Waals surface area contributed by atoms with Crippen LogP contribution in [0.2, 0.25) is 0 Å². The van der Waals surface area contributed by atoms with E-state index in [1.54, 1.807) is 0 Å². The van der Waals surface area contributed by atoms with Crippen molar-refractivity contribution < 1.29 is 8.78 Å². The first-order chi connectivity index (χ1) is 9.04. The van der Waals surface area contributed by atoms with Crippen LogP contribution in [0.25, 0.3) is 0 Å². The van der Waals surface area contributed by atoms with E-state index in [4.69, 9.17) is 11.6 Å². The minimum Gasteiger partial charge on any atom is -0.207 e. The molecule has 0 fully saturated rings. The average molecular weight is 346 g/mol. The van der Waals surface area contributed by atoms with Crippen molar-refractivity contribution in [2.75, 3.05) is 0 Å². The molecule has 0 bridgehead atoms. The molecule has 2 aromatic rings. The van der Waals surface area contributed by atoms with Crippen LogP contribution in [0.15, 0.2) is 40.9 Å². The standard InChI is InChI=1S/C15H12BrClF2/c1-2-9-5-3-4-6-10(9)15(17)11-7-14(19)12(16)8-13(11)18/h3-8,15H,2H2,1H3. The molecule has 0 radical (unpaired) electrons. The fourth-order valence-electron chi connectivity index (χ4n) is 2.00. The second-order valence-electron chi connectivity index (χ2n) is 4.20. The lowest BCUT2D eigenvalue weighted by atomic mass is 9.97. The van der Waals surface area contributed by atoms with Crippen LogP contribution in [0.5, 0.6) is 0 Å². The first-order valence-electron chi connectivity index (χ1n) is 5.91. The molecule has 2 rings (SSSR count). The Kier molecular flexibility index (Phi) is 4.58. The maximum Gasteiger partial charge on any atom is 0.137 e. The lowest BCUT2D eigenvalue weighted by Crippen LogP contribution is -2.02. The molecule has 0 nitrogen and oxygen atoms in total. The fourth-order valence-corrected chi connectivity index (χ4v) is 2.70. The number of benzene rings is 2. The number of alkyl halides is 1. The Morgan fingerprint density at radius 2 is 1.79 bits per heavy atom. The molecular weight excluding hydrogens is 334 g/mol. The molecular formula is C15H12BrClF2. The van der Waals surface area contributed by atoms with Gasteiger partial charge in [0.1, 0.15) is 11.6 Å². The molecule has 0 amide bonds. The van der Waals surface area contributed by atoms with E-state index < -0.39 is 17.0 Å². The highest BCUT2D eigenvalue weighted by atomic mass is 79.9. The zero-order chi connectivity index (χ0) is 14.0. The molecule has 1 unspecified atom stereocenters. The lowest BCUT2D eigenvalue weighted by molar-refractivity contribution is 0.582. The summed E-state index contributed by atoms with van der Waals surface area (Å²) < 4.78 is 27.6. The highest BCUT2D eigenvalue weighted by Crippen LogP contribution is 2.34. The normalized spacial score (nSPS) is 12.5. The monoisotopic (exact) mass is 344 g/mol. The third kappa shape index (κ3) is 2.98. The smallest absolute Gasteiger partial charge is 0.137 e. The first-order valence-corrected chi connectivity index (χ1v) is 7.13. The summed E-state index contributed by atoms with van der Waals surface area (Å²) in [6.45, 7) is 2.00.